The molecule has 0 unspecified atom stereocenters. The molecule has 1 amide bonds. The van der Waals surface area contributed by atoms with E-state index in [0.717, 1.165) is 11.1 Å². The maximum atomic E-state index is 13.6. The number of ether oxygens (including phenoxy) is 2. The molecule has 0 aromatic heterocycles. The van der Waals surface area contributed by atoms with Gasteiger partial charge in [0.15, 0.2) is 26.1 Å². The zero-order chi connectivity index (χ0) is 22.8. The van der Waals surface area contributed by atoms with E-state index in [1.54, 1.807) is 12.1 Å². The average molecular weight is 454 g/mol. The number of benzene rings is 2. The quantitative estimate of drug-likeness (QED) is 0.661. The van der Waals surface area contributed by atoms with Crippen molar-refractivity contribution in [1.29, 1.82) is 0 Å². The molecule has 2 aromatic rings. The highest BCUT2D eigenvalue weighted by Crippen LogP contribution is 2.42. The minimum absolute atomic E-state index is 0.0663. The number of carbonyl (C=O) groups is 1. The van der Waals surface area contributed by atoms with Crippen LogP contribution in [0.2, 0.25) is 0 Å². The Morgan fingerprint density at radius 3 is 2.29 bits per heavy atom. The maximum Gasteiger partial charge on any atom is 0.387 e. The molecule has 0 heterocycles. The first-order valence-electron chi connectivity index (χ1n) is 9.87. The lowest BCUT2D eigenvalue weighted by Crippen LogP contribution is -2.47. The number of carbonyl (C=O) groups excluding carboxylic acids is 1. The molecule has 1 aliphatic rings. The zero-order valence-electron chi connectivity index (χ0n) is 17.6. The molecule has 1 fully saturated rings. The van der Waals surface area contributed by atoms with Gasteiger partial charge in [0.05, 0.1) is 12.0 Å². The first-order valence-corrected chi connectivity index (χ1v) is 11.4. The lowest BCUT2D eigenvalue weighted by molar-refractivity contribution is -0.118. The Morgan fingerprint density at radius 1 is 1.03 bits per heavy atom. The molecule has 0 saturated heterocycles. The summed E-state index contributed by atoms with van der Waals surface area (Å²) in [6.07, 6.45) is 1.56. The summed E-state index contributed by atoms with van der Waals surface area (Å²) < 4.78 is 60.3. The van der Waals surface area contributed by atoms with E-state index in [1.165, 1.54) is 31.4 Å². The highest BCUT2D eigenvalue weighted by atomic mass is 32.2. The van der Waals surface area contributed by atoms with Gasteiger partial charge in [0.1, 0.15) is 0 Å². The van der Waals surface area contributed by atoms with Gasteiger partial charge in [-0.2, -0.15) is 8.78 Å². The minimum atomic E-state index is -3.99. The number of nitrogens with one attached hydrogen (secondary N) is 1. The van der Waals surface area contributed by atoms with Crippen molar-refractivity contribution in [3.8, 4) is 11.5 Å². The molecule has 31 heavy (non-hydrogen) atoms. The minimum Gasteiger partial charge on any atom is -0.493 e. The lowest BCUT2D eigenvalue weighted by Gasteiger charge is -2.28. The molecule has 6 nitrogen and oxygen atoms in total. The number of halogens is 2. The fraction of sp³-hybridized carbons (Fsp3) is 0.409. The van der Waals surface area contributed by atoms with Gasteiger partial charge >= 0.3 is 6.61 Å². The molecule has 0 spiro atoms. The summed E-state index contributed by atoms with van der Waals surface area (Å²) in [5.74, 6) is -0.874. The van der Waals surface area contributed by atoms with E-state index in [0.29, 0.717) is 12.8 Å². The van der Waals surface area contributed by atoms with E-state index in [-0.39, 0.29) is 34.9 Å². The van der Waals surface area contributed by atoms with Gasteiger partial charge in [0.25, 0.3) is 0 Å². The van der Waals surface area contributed by atoms with Gasteiger partial charge in [-0.3, -0.25) is 4.79 Å². The highest BCUT2D eigenvalue weighted by Gasteiger charge is 2.53. The van der Waals surface area contributed by atoms with Crippen LogP contribution in [0.3, 0.4) is 0 Å². The molecule has 1 N–H and O–H groups in total. The first kappa shape index (κ1) is 23.0. The molecular weight excluding hydrogens is 428 g/mol. The first-order chi connectivity index (χ1) is 14.6. The SMILES string of the molecule is COc1ccc(NC(=O)C2(S(=O)(=O)c3ccc(C)c(C)c3)CCCC2)cc1OC(F)F. The summed E-state index contributed by atoms with van der Waals surface area (Å²) in [6.45, 7) is 0.621. The molecule has 0 bridgehead atoms. The summed E-state index contributed by atoms with van der Waals surface area (Å²) in [4.78, 5) is 13.4. The third kappa shape index (κ3) is 4.37. The molecule has 168 valence electrons. The second kappa shape index (κ2) is 8.82. The van der Waals surface area contributed by atoms with E-state index >= 15 is 0 Å². The Balaban J connectivity index is 1.96. The van der Waals surface area contributed by atoms with Crippen molar-refractivity contribution in [1.82, 2.24) is 0 Å². The fourth-order valence-corrected chi connectivity index (χ4v) is 6.01. The number of sulfone groups is 1. The fourth-order valence-electron chi connectivity index (χ4n) is 3.86. The van der Waals surface area contributed by atoms with E-state index in [9.17, 15) is 22.0 Å². The van der Waals surface area contributed by atoms with E-state index in [2.05, 4.69) is 10.1 Å². The van der Waals surface area contributed by atoms with Gasteiger partial charge in [-0.25, -0.2) is 8.42 Å². The number of anilines is 1. The van der Waals surface area contributed by atoms with Crippen LogP contribution in [0.5, 0.6) is 11.5 Å². The molecule has 9 heteroatoms. The lowest BCUT2D eigenvalue weighted by atomic mass is 10.1. The number of amides is 1. The van der Waals surface area contributed by atoms with Crippen LogP contribution in [-0.2, 0) is 14.6 Å². The molecular formula is C22H25F2NO5S. The van der Waals surface area contributed by atoms with Crippen molar-refractivity contribution in [2.75, 3.05) is 12.4 Å². The highest BCUT2D eigenvalue weighted by molar-refractivity contribution is 7.93. The summed E-state index contributed by atoms with van der Waals surface area (Å²) in [7, 11) is -2.69. The number of rotatable bonds is 7. The second-order valence-electron chi connectivity index (χ2n) is 7.65. The molecule has 3 rings (SSSR count). The third-order valence-corrected chi connectivity index (χ3v) is 8.26. The predicted octanol–water partition coefficient (Wildman–Crippen LogP) is 4.64. The zero-order valence-corrected chi connectivity index (χ0v) is 18.4. The maximum absolute atomic E-state index is 13.6. The molecule has 1 saturated carbocycles. The van der Waals surface area contributed by atoms with Crippen molar-refractivity contribution in [2.45, 2.75) is 55.8 Å². The molecule has 0 aliphatic heterocycles. The van der Waals surface area contributed by atoms with Crippen LogP contribution in [0.4, 0.5) is 14.5 Å². The average Bonchev–Trinajstić information content (AvgIpc) is 3.22. The van der Waals surface area contributed by atoms with Gasteiger partial charge < -0.3 is 14.8 Å². The van der Waals surface area contributed by atoms with Crippen LogP contribution >= 0.6 is 0 Å². The Kier molecular flexibility index (Phi) is 6.54. The number of methoxy groups -OCH3 is 1. The topological polar surface area (TPSA) is 81.7 Å². The molecule has 0 atom stereocenters. The smallest absolute Gasteiger partial charge is 0.387 e. The molecule has 1 aliphatic carbocycles. The third-order valence-electron chi connectivity index (χ3n) is 5.77. The summed E-state index contributed by atoms with van der Waals surface area (Å²) in [5, 5.41) is 2.59. The largest absolute Gasteiger partial charge is 0.493 e. The monoisotopic (exact) mass is 453 g/mol. The molecule has 2 aromatic carbocycles. The van der Waals surface area contributed by atoms with Gasteiger partial charge in [0.2, 0.25) is 5.91 Å². The van der Waals surface area contributed by atoms with Crippen molar-refractivity contribution < 1.29 is 31.5 Å². The van der Waals surface area contributed by atoms with Gasteiger partial charge in [-0.05, 0) is 62.1 Å². The molecule has 0 radical (unpaired) electrons. The Labute approximate surface area is 180 Å². The summed E-state index contributed by atoms with van der Waals surface area (Å²) >= 11 is 0. The van der Waals surface area contributed by atoms with E-state index < -0.39 is 27.1 Å². The van der Waals surface area contributed by atoms with Gasteiger partial charge in [-0.15, -0.1) is 0 Å². The number of alkyl halides is 2. The number of hydrogen-bond donors (Lipinski definition) is 1. The van der Waals surface area contributed by atoms with Crippen molar-refractivity contribution in [3.05, 3.63) is 47.5 Å². The predicted molar refractivity (Wildman–Crippen MR) is 113 cm³/mol. The van der Waals surface area contributed by atoms with Crippen molar-refractivity contribution >= 4 is 21.4 Å². The van der Waals surface area contributed by atoms with Crippen LogP contribution in [0, 0.1) is 13.8 Å². The number of hydrogen-bond acceptors (Lipinski definition) is 5. The van der Waals surface area contributed by atoms with Crippen LogP contribution in [0.15, 0.2) is 41.3 Å². The van der Waals surface area contributed by atoms with Gasteiger partial charge in [-0.1, -0.05) is 18.9 Å². The van der Waals surface area contributed by atoms with Crippen molar-refractivity contribution in [3.63, 3.8) is 0 Å². The van der Waals surface area contributed by atoms with Crippen LogP contribution < -0.4 is 14.8 Å². The van der Waals surface area contributed by atoms with Crippen molar-refractivity contribution in [2.24, 2.45) is 0 Å². The Bertz CT molecular complexity index is 1080. The summed E-state index contributed by atoms with van der Waals surface area (Å²) in [5.41, 5.74) is 1.91. The summed E-state index contributed by atoms with van der Waals surface area (Å²) in [6, 6.07) is 8.83. The van der Waals surface area contributed by atoms with Crippen LogP contribution in [0.25, 0.3) is 0 Å². The second-order valence-corrected chi connectivity index (χ2v) is 9.91. The van der Waals surface area contributed by atoms with Crippen LogP contribution in [-0.4, -0.2) is 32.8 Å². The van der Waals surface area contributed by atoms with E-state index in [4.69, 9.17) is 4.74 Å². The number of aryl methyl sites for hydroxylation is 2. The normalized spacial score (nSPS) is 15.7. The van der Waals surface area contributed by atoms with Gasteiger partial charge in [0, 0.05) is 11.8 Å². The van der Waals surface area contributed by atoms with E-state index in [1.807, 2.05) is 13.8 Å². The Hall–Kier alpha value is -2.68. The Morgan fingerprint density at radius 2 is 1.71 bits per heavy atom. The van der Waals surface area contributed by atoms with Crippen LogP contribution in [0.1, 0.15) is 36.8 Å². The standard InChI is InChI=1S/C22H25F2NO5S/c1-14-6-8-17(12-15(14)2)31(27,28)22(10-4-5-11-22)20(26)25-16-7-9-18(29-3)19(13-16)30-21(23)24/h6-9,12-13,21H,4-5,10-11H2,1-3H3,(H,25,26).